The van der Waals surface area contributed by atoms with E-state index in [4.69, 9.17) is 9.47 Å². The lowest BCUT2D eigenvalue weighted by Gasteiger charge is -2.32. The summed E-state index contributed by atoms with van der Waals surface area (Å²) in [5.74, 6) is 0.738. The molecule has 1 amide bonds. The highest BCUT2D eigenvalue weighted by Crippen LogP contribution is 2.27. The molecule has 210 valence electrons. The van der Waals surface area contributed by atoms with Gasteiger partial charge in [-0.25, -0.2) is 4.79 Å². The van der Waals surface area contributed by atoms with Crippen molar-refractivity contribution >= 4 is 33.8 Å². The van der Waals surface area contributed by atoms with Crippen molar-refractivity contribution in [2.24, 2.45) is 0 Å². The molecule has 0 N–H and O–H groups in total. The third kappa shape index (κ3) is 8.03. The van der Waals surface area contributed by atoms with Gasteiger partial charge < -0.3 is 23.2 Å². The number of fused-ring (bicyclic) bond motifs is 1. The molecule has 1 aromatic heterocycles. The van der Waals surface area contributed by atoms with Crippen LogP contribution in [0.15, 0.2) is 91.3 Å². The molecule has 0 fully saturated rings. The van der Waals surface area contributed by atoms with Gasteiger partial charge in [-0.2, -0.15) is 0 Å². The lowest BCUT2D eigenvalue weighted by atomic mass is 10.0. The average Bonchev–Trinajstić information content (AvgIpc) is 2.92. The van der Waals surface area contributed by atoms with Gasteiger partial charge in [0.15, 0.2) is 0 Å². The molecule has 4 rings (SSSR count). The summed E-state index contributed by atoms with van der Waals surface area (Å²) in [7, 11) is 0. The molecule has 0 bridgehead atoms. The maximum atomic E-state index is 13.1. The number of aromatic nitrogens is 1. The van der Waals surface area contributed by atoms with E-state index < -0.39 is 23.0 Å². The van der Waals surface area contributed by atoms with Crippen LogP contribution in [0.3, 0.4) is 0 Å². The Kier molecular flexibility index (Phi) is 9.74. The molecule has 0 saturated heterocycles. The van der Waals surface area contributed by atoms with Crippen LogP contribution >= 0.6 is 0 Å². The number of nitrogens with zero attached hydrogens (tertiary/aromatic N) is 3. The van der Waals surface area contributed by atoms with Gasteiger partial charge in [0.25, 0.3) is 0 Å². The minimum atomic E-state index is -2.56. The SMILES string of the molecule is CC(C)(C)OC(=O)N(CCOc1ccccc1Cc1ccccc1)CCN(c1cccc2cnccc12)S(=O)[O-]. The lowest BCUT2D eigenvalue weighted by Crippen LogP contribution is -2.43. The predicted molar refractivity (Wildman–Crippen MR) is 157 cm³/mol. The third-order valence-electron chi connectivity index (χ3n) is 6.16. The number of hydrogen-bond acceptors (Lipinski definition) is 6. The summed E-state index contributed by atoms with van der Waals surface area (Å²) >= 11 is -2.56. The topological polar surface area (TPSA) is 95.0 Å². The first kappa shape index (κ1) is 29.0. The van der Waals surface area contributed by atoms with E-state index in [2.05, 4.69) is 17.1 Å². The number of amides is 1. The van der Waals surface area contributed by atoms with Crippen molar-refractivity contribution in [3.8, 4) is 5.75 Å². The molecule has 0 saturated carbocycles. The second kappa shape index (κ2) is 13.4. The molecule has 1 atom stereocenters. The highest BCUT2D eigenvalue weighted by atomic mass is 32.2. The number of anilines is 1. The van der Waals surface area contributed by atoms with E-state index in [0.717, 1.165) is 28.5 Å². The zero-order valence-electron chi connectivity index (χ0n) is 23.0. The van der Waals surface area contributed by atoms with Crippen LogP contribution in [-0.4, -0.2) is 56.6 Å². The summed E-state index contributed by atoms with van der Waals surface area (Å²) in [6, 6.07) is 25.1. The van der Waals surface area contributed by atoms with Gasteiger partial charge in [-0.1, -0.05) is 60.7 Å². The zero-order chi connectivity index (χ0) is 28.5. The van der Waals surface area contributed by atoms with Crippen molar-refractivity contribution in [2.75, 3.05) is 30.5 Å². The number of pyridine rings is 1. The first-order chi connectivity index (χ1) is 19.2. The Morgan fingerprint density at radius 3 is 2.42 bits per heavy atom. The number of para-hydroxylation sites is 1. The lowest BCUT2D eigenvalue weighted by molar-refractivity contribution is 0.0232. The van der Waals surface area contributed by atoms with E-state index in [-0.39, 0.29) is 26.2 Å². The van der Waals surface area contributed by atoms with E-state index in [0.29, 0.717) is 5.69 Å². The number of rotatable bonds is 11. The predicted octanol–water partition coefficient (Wildman–Crippen LogP) is 5.74. The molecule has 40 heavy (non-hydrogen) atoms. The van der Waals surface area contributed by atoms with Crippen LogP contribution in [0.1, 0.15) is 31.9 Å². The van der Waals surface area contributed by atoms with Crippen molar-refractivity contribution < 1.29 is 23.0 Å². The van der Waals surface area contributed by atoms with Crippen LogP contribution in [0.2, 0.25) is 0 Å². The number of benzene rings is 3. The van der Waals surface area contributed by atoms with E-state index in [1.807, 2.05) is 48.5 Å². The fourth-order valence-electron chi connectivity index (χ4n) is 4.30. The number of carbonyl (C=O) groups excluding carboxylic acids is 1. The van der Waals surface area contributed by atoms with Crippen LogP contribution in [0.25, 0.3) is 10.8 Å². The average molecular weight is 561 g/mol. The van der Waals surface area contributed by atoms with Gasteiger partial charge in [0.05, 0.1) is 12.2 Å². The Hall–Kier alpha value is -3.95. The minimum Gasteiger partial charge on any atom is -0.755 e. The summed E-state index contributed by atoms with van der Waals surface area (Å²) in [5, 5.41) is 1.57. The van der Waals surface area contributed by atoms with Crippen LogP contribution in [-0.2, 0) is 22.4 Å². The van der Waals surface area contributed by atoms with E-state index in [1.54, 1.807) is 51.4 Å². The van der Waals surface area contributed by atoms with Gasteiger partial charge in [0.1, 0.15) is 18.0 Å². The Balaban J connectivity index is 1.47. The molecule has 4 aromatic rings. The molecular weight excluding hydrogens is 526 g/mol. The Bertz CT molecular complexity index is 1440. The van der Waals surface area contributed by atoms with Gasteiger partial charge in [0.2, 0.25) is 0 Å². The molecule has 0 aliphatic carbocycles. The van der Waals surface area contributed by atoms with E-state index in [9.17, 15) is 13.6 Å². The summed E-state index contributed by atoms with van der Waals surface area (Å²) in [6.45, 7) is 5.97. The number of ether oxygens (including phenoxy) is 2. The molecule has 0 aliphatic heterocycles. The van der Waals surface area contributed by atoms with Crippen molar-refractivity contribution in [3.05, 3.63) is 102 Å². The molecule has 9 heteroatoms. The van der Waals surface area contributed by atoms with Gasteiger partial charge in [-0.15, -0.1) is 0 Å². The maximum Gasteiger partial charge on any atom is 0.410 e. The molecule has 1 unspecified atom stereocenters. The number of carbonyl (C=O) groups is 1. The van der Waals surface area contributed by atoms with Crippen molar-refractivity contribution in [3.63, 3.8) is 0 Å². The Labute approximate surface area is 238 Å². The minimum absolute atomic E-state index is 0.0430. The van der Waals surface area contributed by atoms with Crippen molar-refractivity contribution in [1.29, 1.82) is 0 Å². The molecule has 8 nitrogen and oxygen atoms in total. The monoisotopic (exact) mass is 560 g/mol. The Morgan fingerprint density at radius 2 is 1.68 bits per heavy atom. The van der Waals surface area contributed by atoms with Gasteiger partial charge in [-0.05, 0) is 50.1 Å². The summed E-state index contributed by atoms with van der Waals surface area (Å²) < 4.78 is 37.6. The maximum absolute atomic E-state index is 13.1. The van der Waals surface area contributed by atoms with Crippen LogP contribution in [0.4, 0.5) is 10.5 Å². The van der Waals surface area contributed by atoms with E-state index in [1.165, 1.54) is 14.8 Å². The molecule has 0 spiro atoms. The molecule has 0 radical (unpaired) electrons. The quantitative estimate of drug-likeness (QED) is 0.217. The second-order valence-electron chi connectivity index (χ2n) is 10.3. The van der Waals surface area contributed by atoms with Crippen molar-refractivity contribution in [2.45, 2.75) is 32.8 Å². The number of hydrogen-bond donors (Lipinski definition) is 0. The van der Waals surface area contributed by atoms with Crippen LogP contribution < -0.4 is 9.04 Å². The van der Waals surface area contributed by atoms with Crippen LogP contribution in [0.5, 0.6) is 5.75 Å². The highest BCUT2D eigenvalue weighted by Gasteiger charge is 2.23. The largest absolute Gasteiger partial charge is 0.755 e. The van der Waals surface area contributed by atoms with Crippen molar-refractivity contribution in [1.82, 2.24) is 9.88 Å². The Morgan fingerprint density at radius 1 is 0.925 bits per heavy atom. The van der Waals surface area contributed by atoms with Gasteiger partial charge in [0, 0.05) is 53.9 Å². The zero-order valence-corrected chi connectivity index (χ0v) is 23.8. The fourth-order valence-corrected chi connectivity index (χ4v) is 4.85. The smallest absolute Gasteiger partial charge is 0.410 e. The first-order valence-corrected chi connectivity index (χ1v) is 14.2. The molecule has 3 aromatic carbocycles. The first-order valence-electron chi connectivity index (χ1n) is 13.1. The standard InChI is InChI=1S/C31H35N3O5S/c1-31(2,3)39-30(35)33(18-19-34(40(36)37)28-14-9-13-26-23-32-17-16-27(26)28)20-21-38-29-15-8-7-12-25(29)22-24-10-5-4-6-11-24/h4-17,23H,18-22H2,1-3H3,(H,36,37)/p-1. The molecule has 0 aliphatic rings. The van der Waals surface area contributed by atoms with Crippen LogP contribution in [0, 0.1) is 0 Å². The normalized spacial score (nSPS) is 12.1. The fraction of sp³-hybridized carbons (Fsp3) is 0.290. The van der Waals surface area contributed by atoms with Gasteiger partial charge >= 0.3 is 6.09 Å². The molecular formula is C31H34N3O5S-. The third-order valence-corrected chi connectivity index (χ3v) is 6.90. The highest BCUT2D eigenvalue weighted by molar-refractivity contribution is 7.80. The summed E-state index contributed by atoms with van der Waals surface area (Å²) in [5.41, 5.74) is 2.02. The van der Waals surface area contributed by atoms with E-state index >= 15 is 0 Å². The van der Waals surface area contributed by atoms with Gasteiger partial charge in [-0.3, -0.25) is 9.19 Å². The summed E-state index contributed by atoms with van der Waals surface area (Å²) in [4.78, 5) is 18.7. The second-order valence-corrected chi connectivity index (χ2v) is 11.2. The molecule has 1 heterocycles. The summed E-state index contributed by atoms with van der Waals surface area (Å²) in [6.07, 6.45) is 3.49.